The number of amides is 1. The first kappa shape index (κ1) is 16.2. The molecule has 1 aliphatic heterocycles. The summed E-state index contributed by atoms with van der Waals surface area (Å²) in [6.45, 7) is 8.67. The van der Waals surface area contributed by atoms with Gasteiger partial charge in [0.05, 0.1) is 0 Å². The van der Waals surface area contributed by atoms with E-state index in [-0.39, 0.29) is 11.3 Å². The number of aromatic nitrogens is 2. The van der Waals surface area contributed by atoms with Gasteiger partial charge in [0.15, 0.2) is 0 Å². The summed E-state index contributed by atoms with van der Waals surface area (Å²) in [6.07, 6.45) is 6.89. The Balaban J connectivity index is 1.73. The van der Waals surface area contributed by atoms with Gasteiger partial charge in [-0.2, -0.15) is 0 Å². The number of piperidine rings is 1. The maximum atomic E-state index is 11.2. The average Bonchev–Trinajstić information content (AvgIpc) is 2.53. The van der Waals surface area contributed by atoms with Crippen molar-refractivity contribution in [1.29, 1.82) is 0 Å². The second-order valence-electron chi connectivity index (χ2n) is 7.43. The molecule has 5 nitrogen and oxygen atoms in total. The molecule has 0 radical (unpaired) electrons. The quantitative estimate of drug-likeness (QED) is 0.930. The zero-order valence-electron chi connectivity index (χ0n) is 14.6. The SMILES string of the molecule is CC(=O)NCC1(C)CCN(c2nc(C)nc3c2CCCC3)CC1. The van der Waals surface area contributed by atoms with Crippen LogP contribution >= 0.6 is 0 Å². The van der Waals surface area contributed by atoms with Crippen molar-refractivity contribution in [1.82, 2.24) is 15.3 Å². The summed E-state index contributed by atoms with van der Waals surface area (Å²) in [5, 5.41) is 2.99. The van der Waals surface area contributed by atoms with Crippen LogP contribution in [-0.4, -0.2) is 35.5 Å². The first-order valence-corrected chi connectivity index (χ1v) is 8.83. The first-order valence-electron chi connectivity index (χ1n) is 8.83. The summed E-state index contributed by atoms with van der Waals surface area (Å²) in [5.41, 5.74) is 2.85. The zero-order valence-corrected chi connectivity index (χ0v) is 14.6. The zero-order chi connectivity index (χ0) is 16.4. The largest absolute Gasteiger partial charge is 0.356 e. The van der Waals surface area contributed by atoms with Crippen LogP contribution in [0.1, 0.15) is 56.6 Å². The summed E-state index contributed by atoms with van der Waals surface area (Å²) >= 11 is 0. The number of aryl methyl sites for hydroxylation is 2. The van der Waals surface area contributed by atoms with E-state index >= 15 is 0 Å². The predicted molar refractivity (Wildman–Crippen MR) is 91.6 cm³/mol. The molecule has 1 aliphatic carbocycles. The lowest BCUT2D eigenvalue weighted by Crippen LogP contribution is -2.45. The monoisotopic (exact) mass is 316 g/mol. The molecule has 126 valence electrons. The highest BCUT2D eigenvalue weighted by Gasteiger charge is 2.32. The molecule has 1 saturated heterocycles. The van der Waals surface area contributed by atoms with Gasteiger partial charge >= 0.3 is 0 Å². The summed E-state index contributed by atoms with van der Waals surface area (Å²) in [6, 6.07) is 0. The van der Waals surface area contributed by atoms with E-state index in [2.05, 4.69) is 22.1 Å². The molecule has 0 atom stereocenters. The Morgan fingerprint density at radius 3 is 2.61 bits per heavy atom. The van der Waals surface area contributed by atoms with Crippen LogP contribution in [0.15, 0.2) is 0 Å². The molecule has 3 rings (SSSR count). The van der Waals surface area contributed by atoms with E-state index in [9.17, 15) is 4.79 Å². The Bertz CT molecular complexity index is 591. The Kier molecular flexibility index (Phi) is 4.55. The van der Waals surface area contributed by atoms with E-state index in [0.717, 1.165) is 51.1 Å². The number of nitrogens with zero attached hydrogens (tertiary/aromatic N) is 3. The molecular weight excluding hydrogens is 288 g/mol. The van der Waals surface area contributed by atoms with Crippen LogP contribution < -0.4 is 10.2 Å². The highest BCUT2D eigenvalue weighted by atomic mass is 16.1. The number of anilines is 1. The van der Waals surface area contributed by atoms with E-state index in [1.807, 2.05) is 6.92 Å². The van der Waals surface area contributed by atoms with Gasteiger partial charge in [-0.3, -0.25) is 4.79 Å². The maximum absolute atomic E-state index is 11.2. The summed E-state index contributed by atoms with van der Waals surface area (Å²) in [4.78, 5) is 23.1. The molecule has 2 aliphatic rings. The fourth-order valence-corrected chi connectivity index (χ4v) is 3.73. The molecule has 0 aromatic carbocycles. The summed E-state index contributed by atoms with van der Waals surface area (Å²) < 4.78 is 0. The van der Waals surface area contributed by atoms with Crippen molar-refractivity contribution >= 4 is 11.7 Å². The van der Waals surface area contributed by atoms with E-state index in [0.29, 0.717) is 0 Å². The summed E-state index contributed by atoms with van der Waals surface area (Å²) in [7, 11) is 0. The lowest BCUT2D eigenvalue weighted by Gasteiger charge is -2.41. The third-order valence-electron chi connectivity index (χ3n) is 5.31. The van der Waals surface area contributed by atoms with Gasteiger partial charge in [0.1, 0.15) is 11.6 Å². The number of fused-ring (bicyclic) bond motifs is 1. The number of rotatable bonds is 3. The van der Waals surface area contributed by atoms with Gasteiger partial charge < -0.3 is 10.2 Å². The maximum Gasteiger partial charge on any atom is 0.216 e. The van der Waals surface area contributed by atoms with Crippen LogP contribution in [0.2, 0.25) is 0 Å². The Morgan fingerprint density at radius 1 is 1.22 bits per heavy atom. The molecule has 1 aromatic rings. The third kappa shape index (κ3) is 3.65. The average molecular weight is 316 g/mol. The molecule has 0 saturated carbocycles. The molecule has 0 unspecified atom stereocenters. The molecule has 23 heavy (non-hydrogen) atoms. The van der Waals surface area contributed by atoms with Gasteiger partial charge in [0.2, 0.25) is 5.91 Å². The van der Waals surface area contributed by atoms with Crippen LogP contribution in [0.3, 0.4) is 0 Å². The normalized spacial score (nSPS) is 20.0. The van der Waals surface area contributed by atoms with Crippen LogP contribution in [0.5, 0.6) is 0 Å². The fraction of sp³-hybridized carbons (Fsp3) is 0.722. The van der Waals surface area contributed by atoms with Gasteiger partial charge in [-0.25, -0.2) is 9.97 Å². The minimum absolute atomic E-state index is 0.0640. The van der Waals surface area contributed by atoms with Gasteiger partial charge in [-0.05, 0) is 50.9 Å². The lowest BCUT2D eigenvalue weighted by atomic mass is 9.80. The van der Waals surface area contributed by atoms with Crippen molar-refractivity contribution in [3.63, 3.8) is 0 Å². The Hall–Kier alpha value is -1.65. The second kappa shape index (κ2) is 6.46. The lowest BCUT2D eigenvalue weighted by molar-refractivity contribution is -0.119. The third-order valence-corrected chi connectivity index (χ3v) is 5.31. The van der Waals surface area contributed by atoms with Crippen molar-refractivity contribution in [3.8, 4) is 0 Å². The fourth-order valence-electron chi connectivity index (χ4n) is 3.73. The van der Waals surface area contributed by atoms with Crippen LogP contribution in [0.25, 0.3) is 0 Å². The van der Waals surface area contributed by atoms with Gasteiger partial charge in [-0.15, -0.1) is 0 Å². The second-order valence-corrected chi connectivity index (χ2v) is 7.43. The number of carbonyl (C=O) groups excluding carboxylic acids is 1. The predicted octanol–water partition coefficient (Wildman–Crippen LogP) is 2.41. The molecule has 5 heteroatoms. The molecular formula is C18H28N4O. The summed E-state index contributed by atoms with van der Waals surface area (Å²) in [5.74, 6) is 2.13. The minimum atomic E-state index is 0.0640. The van der Waals surface area contributed by atoms with Crippen molar-refractivity contribution in [2.45, 2.75) is 59.3 Å². The first-order chi connectivity index (χ1) is 11.0. The highest BCUT2D eigenvalue weighted by molar-refractivity contribution is 5.72. The number of hydrogen-bond acceptors (Lipinski definition) is 4. The number of hydrogen-bond donors (Lipinski definition) is 1. The molecule has 0 bridgehead atoms. The van der Waals surface area contributed by atoms with E-state index in [1.54, 1.807) is 6.92 Å². The van der Waals surface area contributed by atoms with Crippen LogP contribution in [0, 0.1) is 12.3 Å². The van der Waals surface area contributed by atoms with Gasteiger partial charge in [0, 0.05) is 37.8 Å². The van der Waals surface area contributed by atoms with Gasteiger partial charge in [-0.1, -0.05) is 6.92 Å². The minimum Gasteiger partial charge on any atom is -0.356 e. The number of nitrogens with one attached hydrogen (secondary N) is 1. The molecule has 2 heterocycles. The number of carbonyl (C=O) groups is 1. The Morgan fingerprint density at radius 2 is 1.91 bits per heavy atom. The van der Waals surface area contributed by atoms with E-state index < -0.39 is 0 Å². The van der Waals surface area contributed by atoms with Crippen LogP contribution in [-0.2, 0) is 17.6 Å². The topological polar surface area (TPSA) is 58.1 Å². The molecule has 0 spiro atoms. The van der Waals surface area contributed by atoms with Crippen molar-refractivity contribution in [2.75, 3.05) is 24.5 Å². The van der Waals surface area contributed by atoms with E-state index in [1.165, 1.54) is 29.9 Å². The van der Waals surface area contributed by atoms with Gasteiger partial charge in [0.25, 0.3) is 0 Å². The molecule has 1 N–H and O–H groups in total. The van der Waals surface area contributed by atoms with Crippen molar-refractivity contribution in [2.24, 2.45) is 5.41 Å². The van der Waals surface area contributed by atoms with E-state index in [4.69, 9.17) is 4.98 Å². The molecule has 1 amide bonds. The van der Waals surface area contributed by atoms with Crippen molar-refractivity contribution in [3.05, 3.63) is 17.1 Å². The Labute approximate surface area is 138 Å². The molecule has 1 aromatic heterocycles. The standard InChI is InChI=1S/C18H28N4O/c1-13-20-16-7-5-4-6-15(16)17(21-13)22-10-8-18(3,9-11-22)12-19-14(2)23/h4-12H2,1-3H3,(H,19,23). The van der Waals surface area contributed by atoms with Crippen LogP contribution in [0.4, 0.5) is 5.82 Å². The van der Waals surface area contributed by atoms with Crippen molar-refractivity contribution < 1.29 is 4.79 Å². The highest BCUT2D eigenvalue weighted by Crippen LogP contribution is 2.35. The molecule has 1 fully saturated rings. The smallest absolute Gasteiger partial charge is 0.216 e.